The molecule has 0 aliphatic carbocycles. The lowest BCUT2D eigenvalue weighted by molar-refractivity contribution is 0.0951. The fourth-order valence-corrected chi connectivity index (χ4v) is 2.31. The molecule has 1 aromatic carbocycles. The molecule has 1 amide bonds. The van der Waals surface area contributed by atoms with Crippen molar-refractivity contribution >= 4 is 39.0 Å². The molecule has 6 nitrogen and oxygen atoms in total. The van der Waals surface area contributed by atoms with E-state index < -0.39 is 11.5 Å². The van der Waals surface area contributed by atoms with Crippen LogP contribution in [0.3, 0.4) is 0 Å². The van der Waals surface area contributed by atoms with Gasteiger partial charge in [0, 0.05) is 22.3 Å². The predicted octanol–water partition coefficient (Wildman–Crippen LogP) is 2.71. The van der Waals surface area contributed by atoms with Gasteiger partial charge in [0.1, 0.15) is 11.1 Å². The first-order valence-corrected chi connectivity index (χ1v) is 7.39. The molecule has 3 rings (SSSR count). The maximum Gasteiger partial charge on any atom is 0.349 e. The molecule has 1 N–H and O–H groups in total. The standard InChI is InChI=1S/C16H10BrN3O3/c17-12-1-2-14-11(7-12)8-13(16(22)23-14)15(21)20-19-9-10-3-5-18-6-4-10/h1-9H,(H,20,21)/b19-9+. The normalized spacial score (nSPS) is 11.0. The van der Waals surface area contributed by atoms with E-state index in [9.17, 15) is 9.59 Å². The number of benzene rings is 1. The molecule has 0 aliphatic heterocycles. The van der Waals surface area contributed by atoms with Crippen LogP contribution in [0.15, 0.2) is 67.6 Å². The molecule has 3 aromatic rings. The lowest BCUT2D eigenvalue weighted by atomic mass is 10.2. The molecule has 0 saturated heterocycles. The van der Waals surface area contributed by atoms with E-state index in [0.717, 1.165) is 10.0 Å². The highest BCUT2D eigenvalue weighted by atomic mass is 79.9. The zero-order valence-electron chi connectivity index (χ0n) is 11.7. The number of fused-ring (bicyclic) bond motifs is 1. The summed E-state index contributed by atoms with van der Waals surface area (Å²) in [5.41, 5.74) is 2.67. The molecule has 0 unspecified atom stereocenters. The van der Waals surface area contributed by atoms with Gasteiger partial charge < -0.3 is 4.42 Å². The van der Waals surface area contributed by atoms with Gasteiger partial charge in [0.25, 0.3) is 5.91 Å². The van der Waals surface area contributed by atoms with E-state index in [-0.39, 0.29) is 5.56 Å². The zero-order chi connectivity index (χ0) is 16.2. The van der Waals surface area contributed by atoms with Crippen molar-refractivity contribution in [3.63, 3.8) is 0 Å². The number of carbonyl (C=O) groups is 1. The van der Waals surface area contributed by atoms with Crippen molar-refractivity contribution in [3.8, 4) is 0 Å². The number of halogens is 1. The number of nitrogens with one attached hydrogen (secondary N) is 1. The molecule has 2 heterocycles. The van der Waals surface area contributed by atoms with Gasteiger partial charge in [-0.1, -0.05) is 15.9 Å². The van der Waals surface area contributed by atoms with Gasteiger partial charge in [0.05, 0.1) is 6.21 Å². The molecule has 0 atom stereocenters. The lowest BCUT2D eigenvalue weighted by Crippen LogP contribution is -2.24. The van der Waals surface area contributed by atoms with Crippen LogP contribution in [0.2, 0.25) is 0 Å². The van der Waals surface area contributed by atoms with Gasteiger partial charge in [-0.15, -0.1) is 0 Å². The molecule has 114 valence electrons. The Bertz CT molecular complexity index is 952. The van der Waals surface area contributed by atoms with Crippen molar-refractivity contribution in [3.05, 3.63) is 74.8 Å². The molecule has 7 heteroatoms. The number of amides is 1. The molecule has 0 aliphatic rings. The Balaban J connectivity index is 1.84. The fourth-order valence-electron chi connectivity index (χ4n) is 1.93. The number of hydrogen-bond acceptors (Lipinski definition) is 5. The Kier molecular flexibility index (Phi) is 4.29. The molecule has 0 spiro atoms. The zero-order valence-corrected chi connectivity index (χ0v) is 13.3. The monoisotopic (exact) mass is 371 g/mol. The second-order valence-electron chi connectivity index (χ2n) is 4.61. The molecule has 0 saturated carbocycles. The third-order valence-corrected chi connectivity index (χ3v) is 3.52. The average molecular weight is 372 g/mol. The number of hydrazone groups is 1. The molecule has 0 bridgehead atoms. The first-order chi connectivity index (χ1) is 11.1. The quantitative estimate of drug-likeness (QED) is 0.435. The Labute approximate surface area is 139 Å². The van der Waals surface area contributed by atoms with Crippen LogP contribution in [0.25, 0.3) is 11.0 Å². The van der Waals surface area contributed by atoms with Gasteiger partial charge in [-0.05, 0) is 42.0 Å². The van der Waals surface area contributed by atoms with E-state index in [1.165, 1.54) is 12.3 Å². The fraction of sp³-hybridized carbons (Fsp3) is 0. The Hall–Kier alpha value is -2.80. The molecular weight excluding hydrogens is 362 g/mol. The van der Waals surface area contributed by atoms with Crippen molar-refractivity contribution in [2.45, 2.75) is 0 Å². The van der Waals surface area contributed by atoms with Gasteiger partial charge >= 0.3 is 5.63 Å². The number of nitrogens with zero attached hydrogens (tertiary/aromatic N) is 2. The maximum absolute atomic E-state index is 12.1. The van der Waals surface area contributed by atoms with E-state index in [1.807, 2.05) is 0 Å². The highest BCUT2D eigenvalue weighted by molar-refractivity contribution is 9.10. The molecule has 0 fully saturated rings. The second kappa shape index (κ2) is 6.53. The van der Waals surface area contributed by atoms with Crippen LogP contribution in [-0.2, 0) is 0 Å². The summed E-state index contributed by atoms with van der Waals surface area (Å²) in [6.45, 7) is 0. The van der Waals surface area contributed by atoms with Crippen LogP contribution in [0.1, 0.15) is 15.9 Å². The van der Waals surface area contributed by atoms with Crippen LogP contribution >= 0.6 is 15.9 Å². The average Bonchev–Trinajstić information content (AvgIpc) is 2.55. The minimum atomic E-state index is -0.712. The van der Waals surface area contributed by atoms with Crippen LogP contribution < -0.4 is 11.1 Å². The minimum Gasteiger partial charge on any atom is -0.422 e. The van der Waals surface area contributed by atoms with Gasteiger partial charge in [0.15, 0.2) is 0 Å². The molecular formula is C16H10BrN3O3. The smallest absolute Gasteiger partial charge is 0.349 e. The van der Waals surface area contributed by atoms with Gasteiger partial charge in [-0.2, -0.15) is 5.10 Å². The van der Waals surface area contributed by atoms with Crippen molar-refractivity contribution in [1.29, 1.82) is 0 Å². The molecule has 0 radical (unpaired) electrons. The molecule has 2 aromatic heterocycles. The number of carbonyl (C=O) groups excluding carboxylic acids is 1. The summed E-state index contributed by atoms with van der Waals surface area (Å²) in [7, 11) is 0. The van der Waals surface area contributed by atoms with Crippen molar-refractivity contribution in [2.75, 3.05) is 0 Å². The van der Waals surface area contributed by atoms with E-state index in [1.54, 1.807) is 42.7 Å². The van der Waals surface area contributed by atoms with Crippen molar-refractivity contribution in [2.24, 2.45) is 5.10 Å². The number of pyridine rings is 1. The number of hydrogen-bond donors (Lipinski definition) is 1. The maximum atomic E-state index is 12.1. The largest absolute Gasteiger partial charge is 0.422 e. The SMILES string of the molecule is O=C(N/N=C/c1ccncc1)c1cc2cc(Br)ccc2oc1=O. The number of aromatic nitrogens is 1. The number of rotatable bonds is 3. The lowest BCUT2D eigenvalue weighted by Gasteiger charge is -2.01. The topological polar surface area (TPSA) is 84.6 Å². The van der Waals surface area contributed by atoms with E-state index in [0.29, 0.717) is 11.0 Å². The van der Waals surface area contributed by atoms with E-state index in [4.69, 9.17) is 4.42 Å². The van der Waals surface area contributed by atoms with Gasteiger partial charge in [0.2, 0.25) is 0 Å². The van der Waals surface area contributed by atoms with Crippen LogP contribution in [0, 0.1) is 0 Å². The summed E-state index contributed by atoms with van der Waals surface area (Å²) in [6.07, 6.45) is 4.68. The van der Waals surface area contributed by atoms with E-state index >= 15 is 0 Å². The van der Waals surface area contributed by atoms with Gasteiger partial charge in [-0.25, -0.2) is 10.2 Å². The first kappa shape index (κ1) is 15.1. The third kappa shape index (κ3) is 3.51. The molecule has 23 heavy (non-hydrogen) atoms. The summed E-state index contributed by atoms with van der Waals surface area (Å²) in [5.74, 6) is -0.633. The van der Waals surface area contributed by atoms with E-state index in [2.05, 4.69) is 31.4 Å². The Morgan fingerprint density at radius 1 is 1.22 bits per heavy atom. The Morgan fingerprint density at radius 3 is 2.78 bits per heavy atom. The highest BCUT2D eigenvalue weighted by Crippen LogP contribution is 2.19. The highest BCUT2D eigenvalue weighted by Gasteiger charge is 2.13. The third-order valence-electron chi connectivity index (χ3n) is 3.02. The second-order valence-corrected chi connectivity index (χ2v) is 5.53. The van der Waals surface area contributed by atoms with Crippen molar-refractivity contribution < 1.29 is 9.21 Å². The minimum absolute atomic E-state index is 0.109. The van der Waals surface area contributed by atoms with Crippen molar-refractivity contribution in [1.82, 2.24) is 10.4 Å². The van der Waals surface area contributed by atoms with Crippen LogP contribution in [0.5, 0.6) is 0 Å². The summed E-state index contributed by atoms with van der Waals surface area (Å²) in [4.78, 5) is 27.8. The van der Waals surface area contributed by atoms with Crippen LogP contribution in [0.4, 0.5) is 0 Å². The predicted molar refractivity (Wildman–Crippen MR) is 89.5 cm³/mol. The summed E-state index contributed by atoms with van der Waals surface area (Å²) in [5, 5.41) is 4.46. The summed E-state index contributed by atoms with van der Waals surface area (Å²) >= 11 is 3.33. The van der Waals surface area contributed by atoms with Crippen LogP contribution in [-0.4, -0.2) is 17.1 Å². The first-order valence-electron chi connectivity index (χ1n) is 6.60. The summed E-state index contributed by atoms with van der Waals surface area (Å²) in [6, 6.07) is 10.1. The summed E-state index contributed by atoms with van der Waals surface area (Å²) < 4.78 is 5.96. The Morgan fingerprint density at radius 2 is 2.00 bits per heavy atom. The van der Waals surface area contributed by atoms with Gasteiger partial charge in [-0.3, -0.25) is 9.78 Å².